The van der Waals surface area contributed by atoms with Gasteiger partial charge < -0.3 is 5.32 Å². The number of anilines is 1. The Kier molecular flexibility index (Phi) is 3.90. The van der Waals surface area contributed by atoms with E-state index in [2.05, 4.69) is 41.5 Å². The van der Waals surface area contributed by atoms with Gasteiger partial charge in [-0.15, -0.1) is 0 Å². The number of hydrogen-bond acceptors (Lipinski definition) is 3. The standard InChI is InChI=1S/C14H16ClN3O/c1-8-5-4-6-11(9(8)2)10(3)17-12-7-16-18-14(19)13(12)15/h4-7,10H,1-3H3,(H2,17,18,19)/t10-/m0/s1. The first kappa shape index (κ1) is 13.6. The van der Waals surface area contributed by atoms with Gasteiger partial charge in [0.2, 0.25) is 0 Å². The summed E-state index contributed by atoms with van der Waals surface area (Å²) in [6.07, 6.45) is 1.52. The number of rotatable bonds is 3. The number of halogens is 1. The highest BCUT2D eigenvalue weighted by Crippen LogP contribution is 2.25. The molecule has 2 N–H and O–H groups in total. The van der Waals surface area contributed by atoms with E-state index in [1.165, 1.54) is 22.9 Å². The van der Waals surface area contributed by atoms with Gasteiger partial charge in [0.15, 0.2) is 0 Å². The molecule has 1 aromatic carbocycles. The van der Waals surface area contributed by atoms with Crippen LogP contribution in [-0.2, 0) is 0 Å². The van der Waals surface area contributed by atoms with Crippen LogP contribution in [0.3, 0.4) is 0 Å². The molecule has 2 rings (SSSR count). The van der Waals surface area contributed by atoms with Gasteiger partial charge in [0.25, 0.3) is 5.56 Å². The van der Waals surface area contributed by atoms with E-state index in [0.29, 0.717) is 5.69 Å². The van der Waals surface area contributed by atoms with E-state index in [-0.39, 0.29) is 16.6 Å². The van der Waals surface area contributed by atoms with Crippen molar-refractivity contribution in [3.8, 4) is 0 Å². The van der Waals surface area contributed by atoms with Crippen LogP contribution in [0.15, 0.2) is 29.2 Å². The van der Waals surface area contributed by atoms with E-state index >= 15 is 0 Å². The van der Waals surface area contributed by atoms with Crippen molar-refractivity contribution < 1.29 is 0 Å². The normalized spacial score (nSPS) is 12.2. The van der Waals surface area contributed by atoms with Crippen molar-refractivity contribution in [2.75, 3.05) is 5.32 Å². The third kappa shape index (κ3) is 2.79. The lowest BCUT2D eigenvalue weighted by molar-refractivity contribution is 0.863. The first-order valence-corrected chi connectivity index (χ1v) is 6.44. The zero-order valence-corrected chi connectivity index (χ0v) is 11.9. The Bertz CT molecular complexity index is 651. The molecule has 0 amide bonds. The quantitative estimate of drug-likeness (QED) is 0.906. The molecule has 4 nitrogen and oxygen atoms in total. The topological polar surface area (TPSA) is 57.8 Å². The van der Waals surface area contributed by atoms with Crippen LogP contribution in [0.5, 0.6) is 0 Å². The van der Waals surface area contributed by atoms with E-state index in [1.54, 1.807) is 0 Å². The molecule has 0 saturated carbocycles. The predicted octanol–water partition coefficient (Wildman–Crippen LogP) is 3.21. The van der Waals surface area contributed by atoms with Crippen molar-refractivity contribution in [1.29, 1.82) is 0 Å². The highest BCUT2D eigenvalue weighted by molar-refractivity contribution is 6.32. The largest absolute Gasteiger partial charge is 0.376 e. The number of aromatic nitrogens is 2. The summed E-state index contributed by atoms with van der Waals surface area (Å²) in [5, 5.41) is 9.40. The maximum absolute atomic E-state index is 11.4. The van der Waals surface area contributed by atoms with Crippen LogP contribution in [0.4, 0.5) is 5.69 Å². The van der Waals surface area contributed by atoms with Crippen LogP contribution >= 0.6 is 11.6 Å². The second-order valence-electron chi connectivity index (χ2n) is 4.58. The number of H-pyrrole nitrogens is 1. The molecular weight excluding hydrogens is 262 g/mol. The van der Waals surface area contributed by atoms with E-state index in [1.807, 2.05) is 13.0 Å². The van der Waals surface area contributed by atoms with Gasteiger partial charge in [-0.2, -0.15) is 5.10 Å². The highest BCUT2D eigenvalue weighted by atomic mass is 35.5. The Hall–Kier alpha value is -1.81. The number of nitrogens with one attached hydrogen (secondary N) is 2. The summed E-state index contributed by atoms with van der Waals surface area (Å²) in [5.74, 6) is 0. The molecule has 100 valence electrons. The molecule has 0 aliphatic carbocycles. The van der Waals surface area contributed by atoms with Crippen molar-refractivity contribution in [3.05, 3.63) is 56.5 Å². The fourth-order valence-corrected chi connectivity index (χ4v) is 2.18. The Labute approximate surface area is 116 Å². The lowest BCUT2D eigenvalue weighted by Gasteiger charge is -2.19. The van der Waals surface area contributed by atoms with Gasteiger partial charge in [-0.1, -0.05) is 29.8 Å². The molecule has 1 atom stereocenters. The number of aryl methyl sites for hydroxylation is 1. The summed E-state index contributed by atoms with van der Waals surface area (Å²) in [4.78, 5) is 11.4. The number of nitrogens with zero attached hydrogens (tertiary/aromatic N) is 1. The SMILES string of the molecule is Cc1cccc([C@H](C)Nc2cn[nH]c(=O)c2Cl)c1C. The summed E-state index contributed by atoms with van der Waals surface area (Å²) < 4.78 is 0. The van der Waals surface area contributed by atoms with Gasteiger partial charge in [-0.25, -0.2) is 5.10 Å². The van der Waals surface area contributed by atoms with Crippen molar-refractivity contribution in [3.63, 3.8) is 0 Å². The summed E-state index contributed by atoms with van der Waals surface area (Å²) in [7, 11) is 0. The second-order valence-corrected chi connectivity index (χ2v) is 4.96. The van der Waals surface area contributed by atoms with Crippen molar-refractivity contribution in [2.24, 2.45) is 0 Å². The third-order valence-corrected chi connectivity index (χ3v) is 3.66. The average molecular weight is 278 g/mol. The zero-order valence-electron chi connectivity index (χ0n) is 11.1. The van der Waals surface area contributed by atoms with E-state index in [0.717, 1.165) is 0 Å². The Balaban J connectivity index is 2.31. The molecule has 2 aromatic rings. The number of aromatic amines is 1. The fourth-order valence-electron chi connectivity index (χ4n) is 2.04. The molecular formula is C14H16ClN3O. The predicted molar refractivity (Wildman–Crippen MR) is 77.8 cm³/mol. The Morgan fingerprint density at radius 3 is 2.84 bits per heavy atom. The van der Waals surface area contributed by atoms with Crippen molar-refractivity contribution >= 4 is 17.3 Å². The Morgan fingerprint density at radius 1 is 1.37 bits per heavy atom. The van der Waals surface area contributed by atoms with Gasteiger partial charge in [0.05, 0.1) is 11.9 Å². The summed E-state index contributed by atoms with van der Waals surface area (Å²) in [6.45, 7) is 6.19. The average Bonchev–Trinajstić information content (AvgIpc) is 2.38. The Morgan fingerprint density at radius 2 is 2.11 bits per heavy atom. The maximum atomic E-state index is 11.4. The van der Waals surface area contributed by atoms with Crippen LogP contribution in [0, 0.1) is 13.8 Å². The first-order valence-electron chi connectivity index (χ1n) is 6.06. The zero-order chi connectivity index (χ0) is 14.0. The molecule has 0 unspecified atom stereocenters. The number of hydrogen-bond donors (Lipinski definition) is 2. The van der Waals surface area contributed by atoms with E-state index < -0.39 is 0 Å². The molecule has 0 aliphatic rings. The molecule has 0 fully saturated rings. The van der Waals surface area contributed by atoms with Gasteiger partial charge in [0.1, 0.15) is 5.02 Å². The minimum absolute atomic E-state index is 0.0426. The van der Waals surface area contributed by atoms with Gasteiger partial charge in [-0.3, -0.25) is 4.79 Å². The van der Waals surface area contributed by atoms with E-state index in [9.17, 15) is 4.79 Å². The van der Waals surface area contributed by atoms with Crippen molar-refractivity contribution in [1.82, 2.24) is 10.2 Å². The first-order chi connectivity index (χ1) is 9.00. The van der Waals surface area contributed by atoms with Crippen LogP contribution in [0.2, 0.25) is 5.02 Å². The van der Waals surface area contributed by atoms with Crippen LogP contribution in [0.25, 0.3) is 0 Å². The fraction of sp³-hybridized carbons (Fsp3) is 0.286. The minimum atomic E-state index is -0.389. The van der Waals surface area contributed by atoms with Gasteiger partial charge >= 0.3 is 0 Å². The smallest absolute Gasteiger partial charge is 0.285 e. The molecule has 1 aromatic heterocycles. The van der Waals surface area contributed by atoms with Crippen LogP contribution in [0.1, 0.15) is 29.7 Å². The van der Waals surface area contributed by atoms with Gasteiger partial charge in [-0.05, 0) is 37.5 Å². The van der Waals surface area contributed by atoms with Crippen LogP contribution in [-0.4, -0.2) is 10.2 Å². The minimum Gasteiger partial charge on any atom is -0.376 e. The maximum Gasteiger partial charge on any atom is 0.285 e. The second kappa shape index (κ2) is 5.45. The summed E-state index contributed by atoms with van der Waals surface area (Å²) in [6, 6.07) is 6.20. The molecule has 19 heavy (non-hydrogen) atoms. The molecule has 5 heteroatoms. The molecule has 0 aliphatic heterocycles. The molecule has 0 bridgehead atoms. The highest BCUT2D eigenvalue weighted by Gasteiger charge is 2.12. The molecule has 0 spiro atoms. The monoisotopic (exact) mass is 277 g/mol. The lowest BCUT2D eigenvalue weighted by Crippen LogP contribution is -2.14. The molecule has 0 radical (unpaired) electrons. The summed E-state index contributed by atoms with van der Waals surface area (Å²) >= 11 is 5.95. The van der Waals surface area contributed by atoms with E-state index in [4.69, 9.17) is 11.6 Å². The van der Waals surface area contributed by atoms with Gasteiger partial charge in [0, 0.05) is 6.04 Å². The third-order valence-electron chi connectivity index (χ3n) is 3.28. The molecule has 0 saturated heterocycles. The van der Waals surface area contributed by atoms with Crippen molar-refractivity contribution in [2.45, 2.75) is 26.8 Å². The number of benzene rings is 1. The lowest BCUT2D eigenvalue weighted by atomic mass is 9.98. The molecule has 1 heterocycles. The summed E-state index contributed by atoms with van der Waals surface area (Å²) in [5.41, 5.74) is 3.80. The van der Waals surface area contributed by atoms with Crippen LogP contribution < -0.4 is 10.9 Å².